The van der Waals surface area contributed by atoms with Gasteiger partial charge in [-0.3, -0.25) is 19.7 Å². The van der Waals surface area contributed by atoms with Gasteiger partial charge in [-0.25, -0.2) is 0 Å². The molecule has 9 heteroatoms. The third kappa shape index (κ3) is 3.98. The number of rotatable bonds is 7. The largest absolute Gasteiger partial charge is 0.493 e. The molecule has 0 aromatic heterocycles. The van der Waals surface area contributed by atoms with Gasteiger partial charge in [-0.05, 0) is 19.8 Å². The molecule has 1 saturated heterocycles. The summed E-state index contributed by atoms with van der Waals surface area (Å²) in [5.74, 6) is -1.19. The molecule has 1 aliphatic rings. The van der Waals surface area contributed by atoms with Crippen molar-refractivity contribution < 1.29 is 29.1 Å². The zero-order valence-corrected chi connectivity index (χ0v) is 14.1. The number of carboxylic acid groups (broad SMARTS) is 1. The fraction of sp³-hybridized carbons (Fsp3) is 0.500. The molecule has 0 spiro atoms. The summed E-state index contributed by atoms with van der Waals surface area (Å²) in [4.78, 5) is 35.9. The van der Waals surface area contributed by atoms with Crippen LogP contribution in [0.3, 0.4) is 0 Å². The van der Waals surface area contributed by atoms with Gasteiger partial charge in [0.1, 0.15) is 5.56 Å². The summed E-state index contributed by atoms with van der Waals surface area (Å²) in [5, 5.41) is 20.4. The van der Waals surface area contributed by atoms with Crippen molar-refractivity contribution in [1.82, 2.24) is 4.90 Å². The minimum atomic E-state index is -1.01. The summed E-state index contributed by atoms with van der Waals surface area (Å²) in [6.07, 6.45) is 1.03. The SMILES string of the molecule is CCOc1cc(C(=O)N2CCCC2CC(=O)O)c([N+](=O)[O-])cc1OC. The molecule has 0 aliphatic carbocycles. The van der Waals surface area contributed by atoms with Crippen molar-refractivity contribution in [2.75, 3.05) is 20.3 Å². The number of aliphatic carboxylic acids is 1. The zero-order chi connectivity index (χ0) is 18.6. The Kier molecular flexibility index (Phi) is 5.79. The first-order valence-corrected chi connectivity index (χ1v) is 7.91. The molecule has 0 saturated carbocycles. The average molecular weight is 352 g/mol. The van der Waals surface area contributed by atoms with Gasteiger partial charge in [0.2, 0.25) is 0 Å². The molecule has 1 N–H and O–H groups in total. The first-order valence-electron chi connectivity index (χ1n) is 7.91. The van der Waals surface area contributed by atoms with E-state index >= 15 is 0 Å². The summed E-state index contributed by atoms with van der Waals surface area (Å²) in [6.45, 7) is 2.41. The maximum Gasteiger partial charge on any atom is 0.305 e. The van der Waals surface area contributed by atoms with Gasteiger partial charge >= 0.3 is 5.97 Å². The molecule has 1 aromatic rings. The fourth-order valence-electron chi connectivity index (χ4n) is 2.97. The smallest absolute Gasteiger partial charge is 0.305 e. The number of carboxylic acids is 1. The van der Waals surface area contributed by atoms with Crippen LogP contribution in [-0.4, -0.2) is 53.1 Å². The van der Waals surface area contributed by atoms with Crippen LogP contribution in [0, 0.1) is 10.1 Å². The van der Waals surface area contributed by atoms with Crippen molar-refractivity contribution >= 4 is 17.6 Å². The van der Waals surface area contributed by atoms with Crippen LogP contribution in [0.15, 0.2) is 12.1 Å². The molecule has 1 heterocycles. The molecule has 25 heavy (non-hydrogen) atoms. The number of hydrogen-bond acceptors (Lipinski definition) is 6. The third-order valence-electron chi connectivity index (χ3n) is 4.06. The highest BCUT2D eigenvalue weighted by atomic mass is 16.6. The molecule has 1 amide bonds. The van der Waals surface area contributed by atoms with Crippen molar-refractivity contribution in [2.45, 2.75) is 32.2 Å². The van der Waals surface area contributed by atoms with E-state index in [2.05, 4.69) is 0 Å². The topological polar surface area (TPSA) is 119 Å². The highest BCUT2D eigenvalue weighted by Crippen LogP contribution is 2.36. The average Bonchev–Trinajstić information content (AvgIpc) is 3.01. The Morgan fingerprint density at radius 3 is 2.68 bits per heavy atom. The quantitative estimate of drug-likeness (QED) is 0.589. The van der Waals surface area contributed by atoms with Gasteiger partial charge in [-0.2, -0.15) is 0 Å². The highest BCUT2D eigenvalue weighted by molar-refractivity contribution is 5.99. The normalized spacial score (nSPS) is 16.6. The van der Waals surface area contributed by atoms with Gasteiger partial charge in [-0.15, -0.1) is 0 Å². The van der Waals surface area contributed by atoms with Gasteiger partial charge in [0.15, 0.2) is 11.5 Å². The first-order chi connectivity index (χ1) is 11.9. The number of carbonyl (C=O) groups is 2. The zero-order valence-electron chi connectivity index (χ0n) is 14.1. The van der Waals surface area contributed by atoms with Crippen LogP contribution in [-0.2, 0) is 4.79 Å². The van der Waals surface area contributed by atoms with E-state index in [1.54, 1.807) is 6.92 Å². The number of ether oxygens (including phenoxy) is 2. The van der Waals surface area contributed by atoms with Gasteiger partial charge < -0.3 is 19.5 Å². The number of amides is 1. The second-order valence-electron chi connectivity index (χ2n) is 5.60. The Labute approximate surface area is 144 Å². The van der Waals surface area contributed by atoms with Crippen LogP contribution in [0.5, 0.6) is 11.5 Å². The monoisotopic (exact) mass is 352 g/mol. The lowest BCUT2D eigenvalue weighted by atomic mass is 10.1. The minimum absolute atomic E-state index is 0.133. The number of likely N-dealkylation sites (tertiary alicyclic amines) is 1. The van der Waals surface area contributed by atoms with E-state index in [1.165, 1.54) is 18.1 Å². The van der Waals surface area contributed by atoms with Crippen LogP contribution < -0.4 is 9.47 Å². The molecular formula is C16H20N2O7. The van der Waals surface area contributed by atoms with Crippen LogP contribution in [0.1, 0.15) is 36.5 Å². The Morgan fingerprint density at radius 2 is 2.12 bits per heavy atom. The fourth-order valence-corrected chi connectivity index (χ4v) is 2.97. The molecule has 1 atom stereocenters. The second-order valence-corrected chi connectivity index (χ2v) is 5.60. The number of carbonyl (C=O) groups excluding carboxylic acids is 1. The van der Waals surface area contributed by atoms with E-state index in [0.717, 1.165) is 6.07 Å². The van der Waals surface area contributed by atoms with Crippen molar-refractivity contribution in [1.29, 1.82) is 0 Å². The van der Waals surface area contributed by atoms with E-state index in [4.69, 9.17) is 14.6 Å². The molecule has 136 valence electrons. The lowest BCUT2D eigenvalue weighted by Crippen LogP contribution is -2.37. The predicted octanol–water partition coefficient (Wildman–Crippen LogP) is 2.08. The van der Waals surface area contributed by atoms with E-state index in [1.807, 2.05) is 0 Å². The van der Waals surface area contributed by atoms with Crippen molar-refractivity contribution in [3.63, 3.8) is 0 Å². The lowest BCUT2D eigenvalue weighted by Gasteiger charge is -2.24. The maximum atomic E-state index is 12.9. The van der Waals surface area contributed by atoms with Crippen LogP contribution in [0.4, 0.5) is 5.69 Å². The standard InChI is InChI=1S/C16H20N2O7/c1-3-25-14-8-11(12(18(22)23)9-13(14)24-2)16(21)17-6-4-5-10(17)7-15(19)20/h8-10H,3-7H2,1-2H3,(H,19,20). The molecular weight excluding hydrogens is 332 g/mol. The lowest BCUT2D eigenvalue weighted by molar-refractivity contribution is -0.385. The van der Waals surface area contributed by atoms with Crippen molar-refractivity contribution in [2.24, 2.45) is 0 Å². The second kappa shape index (κ2) is 7.82. The van der Waals surface area contributed by atoms with E-state index < -0.39 is 28.5 Å². The number of nitrogens with zero attached hydrogens (tertiary/aromatic N) is 2. The Morgan fingerprint density at radius 1 is 1.40 bits per heavy atom. The number of nitro groups is 1. The van der Waals surface area contributed by atoms with Crippen LogP contribution in [0.2, 0.25) is 0 Å². The van der Waals surface area contributed by atoms with Gasteiger partial charge in [-0.1, -0.05) is 0 Å². The molecule has 1 aromatic carbocycles. The first kappa shape index (κ1) is 18.5. The van der Waals surface area contributed by atoms with E-state index in [-0.39, 0.29) is 23.5 Å². The summed E-state index contributed by atoms with van der Waals surface area (Å²) >= 11 is 0. The van der Waals surface area contributed by atoms with Crippen molar-refractivity contribution in [3.8, 4) is 11.5 Å². The summed E-state index contributed by atoms with van der Waals surface area (Å²) in [7, 11) is 1.35. The predicted molar refractivity (Wildman–Crippen MR) is 87.1 cm³/mol. The molecule has 0 radical (unpaired) electrons. The number of hydrogen-bond donors (Lipinski definition) is 1. The summed E-state index contributed by atoms with van der Waals surface area (Å²) in [6, 6.07) is 1.97. The van der Waals surface area contributed by atoms with Crippen molar-refractivity contribution in [3.05, 3.63) is 27.8 Å². The summed E-state index contributed by atoms with van der Waals surface area (Å²) < 4.78 is 10.5. The Balaban J connectivity index is 2.44. The summed E-state index contributed by atoms with van der Waals surface area (Å²) in [5.41, 5.74) is -0.530. The van der Waals surface area contributed by atoms with Crippen LogP contribution >= 0.6 is 0 Å². The van der Waals surface area contributed by atoms with E-state index in [9.17, 15) is 19.7 Å². The van der Waals surface area contributed by atoms with Gasteiger partial charge in [0, 0.05) is 18.7 Å². The van der Waals surface area contributed by atoms with Gasteiger partial charge in [0.05, 0.1) is 31.1 Å². The van der Waals surface area contributed by atoms with E-state index in [0.29, 0.717) is 26.0 Å². The number of benzene rings is 1. The minimum Gasteiger partial charge on any atom is -0.493 e. The maximum absolute atomic E-state index is 12.9. The Hall–Kier alpha value is -2.84. The number of nitro benzene ring substituents is 1. The molecule has 9 nitrogen and oxygen atoms in total. The Bertz CT molecular complexity index is 689. The van der Waals surface area contributed by atoms with Gasteiger partial charge in [0.25, 0.3) is 11.6 Å². The molecule has 1 fully saturated rings. The van der Waals surface area contributed by atoms with Crippen LogP contribution in [0.25, 0.3) is 0 Å². The molecule has 0 bridgehead atoms. The molecule has 1 unspecified atom stereocenters. The highest BCUT2D eigenvalue weighted by Gasteiger charge is 2.35. The third-order valence-corrected chi connectivity index (χ3v) is 4.06. The number of methoxy groups -OCH3 is 1. The molecule has 1 aliphatic heterocycles. The molecule has 2 rings (SSSR count).